The highest BCUT2D eigenvalue weighted by atomic mass is 32.2. The minimum atomic E-state index is -3.75. The number of benzene rings is 3. The second-order valence-electron chi connectivity index (χ2n) is 18.3. The Morgan fingerprint density at radius 3 is 2.41 bits per heavy atom. The number of ether oxygens (including phenoxy) is 1. The summed E-state index contributed by atoms with van der Waals surface area (Å²) in [6, 6.07) is 12.6. The summed E-state index contributed by atoms with van der Waals surface area (Å²) < 4.78 is 67.1. The van der Waals surface area contributed by atoms with E-state index in [9.17, 15) is 23.3 Å². The summed E-state index contributed by atoms with van der Waals surface area (Å²) >= 11 is 0. The van der Waals surface area contributed by atoms with Gasteiger partial charge in [0.1, 0.15) is 23.2 Å². The van der Waals surface area contributed by atoms with Gasteiger partial charge in [0.05, 0.1) is 33.2 Å². The van der Waals surface area contributed by atoms with Gasteiger partial charge in [0.2, 0.25) is 15.9 Å². The van der Waals surface area contributed by atoms with Crippen molar-refractivity contribution in [3.63, 3.8) is 0 Å². The van der Waals surface area contributed by atoms with Crippen molar-refractivity contribution in [2.45, 2.75) is 107 Å². The van der Waals surface area contributed by atoms with Gasteiger partial charge >= 0.3 is 6.03 Å². The number of carbonyl (C=O) groups excluding carboxylic acids is 2. The van der Waals surface area contributed by atoms with E-state index in [1.165, 1.54) is 17.0 Å². The summed E-state index contributed by atoms with van der Waals surface area (Å²) in [4.78, 5) is 37.9. The molecular formula is C46H49F2N9O5S. The Balaban J connectivity index is 0.748. The fourth-order valence-corrected chi connectivity index (χ4v) is 12.5. The Kier molecular flexibility index (Phi) is 10.6. The van der Waals surface area contributed by atoms with Crippen LogP contribution in [0.4, 0.5) is 25.1 Å². The van der Waals surface area contributed by atoms with Gasteiger partial charge in [-0.3, -0.25) is 29.4 Å². The zero-order chi connectivity index (χ0) is 43.6. The van der Waals surface area contributed by atoms with E-state index in [1.807, 2.05) is 18.3 Å². The quantitative estimate of drug-likeness (QED) is 0.147. The first-order valence-electron chi connectivity index (χ1n) is 22.1. The van der Waals surface area contributed by atoms with E-state index in [1.54, 1.807) is 29.9 Å². The molecule has 2 aromatic heterocycles. The molecule has 17 heteroatoms. The zero-order valence-electron chi connectivity index (χ0n) is 35.1. The van der Waals surface area contributed by atoms with E-state index in [0.29, 0.717) is 46.7 Å². The van der Waals surface area contributed by atoms with Crippen LogP contribution in [-0.2, 0) is 21.9 Å². The van der Waals surface area contributed by atoms with E-state index in [-0.39, 0.29) is 64.7 Å². The van der Waals surface area contributed by atoms with Crippen LogP contribution in [0.15, 0.2) is 48.7 Å². The van der Waals surface area contributed by atoms with Crippen LogP contribution in [-0.4, -0.2) is 75.9 Å². The molecule has 1 spiro atoms. The molecule has 0 bridgehead atoms. The summed E-state index contributed by atoms with van der Waals surface area (Å²) in [5.74, 6) is -0.772. The summed E-state index contributed by atoms with van der Waals surface area (Å²) in [6.07, 6.45) is 12.8. The first-order chi connectivity index (χ1) is 30.4. The fourth-order valence-electron chi connectivity index (χ4n) is 10.9. The average molecular weight is 878 g/mol. The standard InChI is InChI=1S/C46H49F2N9O5S/c1-55-41-22-32(36(48)21-33(41)44(53-55)57-17-14-42(58)52-45(57)59)27-6-8-29(9-7-27)56-18-15-46(16-19-56)23-28(24-46)40-26-50-38-12-10-30(20-39(38)51-40)62-43-34(25-49)37(13-11-35(43)47)54-63(60,61)31-4-2-3-5-31/h10-13,20-22,26-29,31,54H,2-9,14-19,23-24H2,1H3,(H,52,58,59). The van der Waals surface area contributed by atoms with Crippen LogP contribution < -0.4 is 19.7 Å². The van der Waals surface area contributed by atoms with Gasteiger partial charge in [-0.25, -0.2) is 27.0 Å². The molecule has 5 aromatic rings. The highest BCUT2D eigenvalue weighted by molar-refractivity contribution is 7.93. The van der Waals surface area contributed by atoms with Crippen molar-refractivity contribution in [1.29, 1.82) is 5.26 Å². The van der Waals surface area contributed by atoms with Crippen molar-refractivity contribution in [1.82, 2.24) is 30.0 Å². The fraction of sp³-hybridized carbons (Fsp3) is 0.478. The number of nitriles is 1. The molecule has 14 nitrogen and oxygen atoms in total. The third-order valence-electron chi connectivity index (χ3n) is 14.5. The number of aryl methyl sites for hydroxylation is 1. The number of carbonyl (C=O) groups is 2. The van der Waals surface area contributed by atoms with E-state index in [0.717, 1.165) is 94.6 Å². The van der Waals surface area contributed by atoms with Crippen LogP contribution in [0.25, 0.3) is 21.9 Å². The molecule has 0 unspecified atom stereocenters. The van der Waals surface area contributed by atoms with Crippen LogP contribution in [0.2, 0.25) is 0 Å². The van der Waals surface area contributed by atoms with Crippen molar-refractivity contribution in [2.24, 2.45) is 12.5 Å². The molecule has 2 saturated heterocycles. The van der Waals surface area contributed by atoms with Crippen molar-refractivity contribution in [3.05, 3.63) is 77.1 Å². The topological polar surface area (TPSA) is 175 Å². The number of sulfonamides is 1. The molecule has 5 aliphatic rings. The maximum Gasteiger partial charge on any atom is 0.329 e. The molecule has 3 amide bonds. The molecule has 0 atom stereocenters. The van der Waals surface area contributed by atoms with Gasteiger partial charge in [-0.2, -0.15) is 10.4 Å². The number of likely N-dealkylation sites (tertiary alicyclic amines) is 1. The molecule has 10 rings (SSSR count). The number of aromatic nitrogens is 4. The predicted octanol–water partition coefficient (Wildman–Crippen LogP) is 8.28. The second-order valence-corrected chi connectivity index (χ2v) is 20.2. The number of hydrogen-bond donors (Lipinski definition) is 2. The van der Waals surface area contributed by atoms with E-state index in [4.69, 9.17) is 9.72 Å². The lowest BCUT2D eigenvalue weighted by molar-refractivity contribution is -0.120. The maximum atomic E-state index is 15.8. The molecule has 3 aromatic carbocycles. The molecule has 2 N–H and O–H groups in total. The number of imide groups is 1. The molecule has 3 saturated carbocycles. The van der Waals surface area contributed by atoms with Crippen LogP contribution >= 0.6 is 0 Å². The third kappa shape index (κ3) is 7.75. The molecule has 0 radical (unpaired) electrons. The zero-order valence-corrected chi connectivity index (χ0v) is 35.9. The van der Waals surface area contributed by atoms with Crippen LogP contribution in [0.3, 0.4) is 0 Å². The first-order valence-corrected chi connectivity index (χ1v) is 23.6. The number of nitrogens with zero attached hydrogens (tertiary/aromatic N) is 7. The highest BCUT2D eigenvalue weighted by Crippen LogP contribution is 2.57. The normalized spacial score (nSPS) is 22.3. The Labute approximate surface area is 364 Å². The molecular weight excluding hydrogens is 829 g/mol. The Morgan fingerprint density at radius 1 is 0.921 bits per heavy atom. The third-order valence-corrected chi connectivity index (χ3v) is 16.4. The van der Waals surface area contributed by atoms with Gasteiger partial charge in [0.15, 0.2) is 17.4 Å². The monoisotopic (exact) mass is 877 g/mol. The summed E-state index contributed by atoms with van der Waals surface area (Å²) in [5.41, 5.74) is 3.62. The lowest BCUT2D eigenvalue weighted by Gasteiger charge is -2.53. The molecule has 3 aliphatic carbocycles. The second kappa shape index (κ2) is 16.1. The van der Waals surface area contributed by atoms with Crippen LogP contribution in [0, 0.1) is 28.4 Å². The first kappa shape index (κ1) is 41.3. The Bertz CT molecular complexity index is 2800. The lowest BCUT2D eigenvalue weighted by Crippen LogP contribution is -2.50. The average Bonchev–Trinajstić information content (AvgIpc) is 3.93. The van der Waals surface area contributed by atoms with E-state index in [2.05, 4.69) is 25.0 Å². The number of amides is 3. The van der Waals surface area contributed by atoms with Gasteiger partial charge in [-0.15, -0.1) is 0 Å². The number of halogens is 2. The molecule has 2 aliphatic heterocycles. The van der Waals surface area contributed by atoms with E-state index >= 15 is 8.78 Å². The maximum absolute atomic E-state index is 15.8. The van der Waals surface area contributed by atoms with Crippen molar-refractivity contribution >= 4 is 55.4 Å². The molecule has 63 heavy (non-hydrogen) atoms. The number of hydrogen-bond acceptors (Lipinski definition) is 10. The molecule has 328 valence electrons. The number of nitrogens with one attached hydrogen (secondary N) is 2. The number of piperidine rings is 1. The lowest BCUT2D eigenvalue weighted by atomic mass is 9.56. The SMILES string of the molecule is Cn1nc(N2CCC(=O)NC2=O)c2cc(F)c(C3CCC(N4CCC5(CC4)CC(c4cnc6ccc(Oc7c(F)ccc(NS(=O)(=O)C8CCCC8)c7C#N)cc6n4)C5)CC3)cc21. The molecule has 5 fully saturated rings. The number of anilines is 2. The van der Waals surface area contributed by atoms with Gasteiger partial charge in [-0.1, -0.05) is 12.8 Å². The summed E-state index contributed by atoms with van der Waals surface area (Å²) in [6.45, 7) is 2.27. The summed E-state index contributed by atoms with van der Waals surface area (Å²) in [5, 5.41) is 16.9. The predicted molar refractivity (Wildman–Crippen MR) is 232 cm³/mol. The number of rotatable bonds is 9. The molecule has 4 heterocycles. The largest absolute Gasteiger partial charge is 0.453 e. The minimum Gasteiger partial charge on any atom is -0.453 e. The van der Waals surface area contributed by atoms with Gasteiger partial charge in [-0.05, 0) is 131 Å². The van der Waals surface area contributed by atoms with Crippen LogP contribution in [0.5, 0.6) is 11.5 Å². The summed E-state index contributed by atoms with van der Waals surface area (Å²) in [7, 11) is -1.96. The van der Waals surface area contributed by atoms with Gasteiger partial charge < -0.3 is 9.64 Å². The highest BCUT2D eigenvalue weighted by Gasteiger charge is 2.48. The number of urea groups is 1. The Morgan fingerprint density at radius 2 is 1.68 bits per heavy atom. The van der Waals surface area contributed by atoms with Gasteiger partial charge in [0.25, 0.3) is 0 Å². The van der Waals surface area contributed by atoms with E-state index < -0.39 is 27.1 Å². The van der Waals surface area contributed by atoms with Gasteiger partial charge in [0, 0.05) is 49.6 Å². The number of fused-ring (bicyclic) bond motifs is 2. The minimum absolute atomic E-state index is 0.0166. The van der Waals surface area contributed by atoms with Crippen LogP contribution in [0.1, 0.15) is 112 Å². The Hall–Kier alpha value is -5.73. The smallest absolute Gasteiger partial charge is 0.329 e. The van der Waals surface area contributed by atoms with Crippen molar-refractivity contribution in [3.8, 4) is 17.6 Å². The van der Waals surface area contributed by atoms with Crippen molar-refractivity contribution < 1.29 is 31.5 Å². The van der Waals surface area contributed by atoms with Crippen molar-refractivity contribution in [2.75, 3.05) is 29.3 Å².